The van der Waals surface area contributed by atoms with Crippen LogP contribution in [0.4, 0.5) is 5.69 Å². The Morgan fingerprint density at radius 2 is 2.26 bits per heavy atom. The van der Waals surface area contributed by atoms with Crippen LogP contribution >= 0.6 is 15.9 Å². The van der Waals surface area contributed by atoms with Gasteiger partial charge in [-0.1, -0.05) is 15.9 Å². The molecule has 1 saturated heterocycles. The van der Waals surface area contributed by atoms with E-state index >= 15 is 0 Å². The van der Waals surface area contributed by atoms with Crippen molar-refractivity contribution in [3.63, 3.8) is 0 Å². The summed E-state index contributed by atoms with van der Waals surface area (Å²) >= 11 is 3.54. The maximum Gasteiger partial charge on any atom is 0.269 e. The Balaban J connectivity index is 2.21. The lowest BCUT2D eigenvalue weighted by molar-refractivity contribution is -0.384. The number of alkyl halides is 1. The van der Waals surface area contributed by atoms with Crippen LogP contribution in [0.2, 0.25) is 0 Å². The van der Waals surface area contributed by atoms with Crippen LogP contribution in [-0.4, -0.2) is 33.6 Å². The zero-order chi connectivity index (χ0) is 14.0. The van der Waals surface area contributed by atoms with Gasteiger partial charge in [0.25, 0.3) is 11.6 Å². The van der Waals surface area contributed by atoms with Gasteiger partial charge in [-0.15, -0.1) is 0 Å². The van der Waals surface area contributed by atoms with E-state index < -0.39 is 4.92 Å². The predicted octanol–water partition coefficient (Wildman–Crippen LogP) is 2.90. The molecule has 1 aromatic rings. The van der Waals surface area contributed by atoms with Crippen LogP contribution in [0.5, 0.6) is 0 Å². The highest BCUT2D eigenvalue weighted by Gasteiger charge is 2.24. The van der Waals surface area contributed by atoms with E-state index in [1.807, 2.05) is 0 Å². The molecule has 1 atom stereocenters. The molecule has 5 nitrogen and oxygen atoms in total. The van der Waals surface area contributed by atoms with Gasteiger partial charge in [0.2, 0.25) is 0 Å². The molecule has 0 aliphatic carbocycles. The zero-order valence-corrected chi connectivity index (χ0v) is 12.2. The first-order valence-corrected chi connectivity index (χ1v) is 7.09. The predicted molar refractivity (Wildman–Crippen MR) is 75.7 cm³/mol. The summed E-state index contributed by atoms with van der Waals surface area (Å²) < 4.78 is 0. The minimum Gasteiger partial charge on any atom is -0.338 e. The van der Waals surface area contributed by atoms with E-state index in [1.54, 1.807) is 17.9 Å². The largest absolute Gasteiger partial charge is 0.338 e. The number of aryl methyl sites for hydroxylation is 1. The van der Waals surface area contributed by atoms with Crippen molar-refractivity contribution in [3.05, 3.63) is 39.4 Å². The second-order valence-electron chi connectivity index (χ2n) is 4.75. The van der Waals surface area contributed by atoms with Crippen molar-refractivity contribution >= 4 is 27.5 Å². The quantitative estimate of drug-likeness (QED) is 0.477. The molecule has 0 spiro atoms. The van der Waals surface area contributed by atoms with Crippen LogP contribution in [0, 0.1) is 17.0 Å². The molecule has 1 aliphatic rings. The topological polar surface area (TPSA) is 63.5 Å². The summed E-state index contributed by atoms with van der Waals surface area (Å²) in [5.41, 5.74) is 1.22. The van der Waals surface area contributed by atoms with Gasteiger partial charge in [0, 0.05) is 35.6 Å². The number of benzene rings is 1. The fourth-order valence-electron chi connectivity index (χ4n) is 2.28. The Bertz CT molecular complexity index is 519. The van der Waals surface area contributed by atoms with Gasteiger partial charge in [0.15, 0.2) is 0 Å². The molecule has 102 valence electrons. The van der Waals surface area contributed by atoms with E-state index in [-0.39, 0.29) is 11.6 Å². The Morgan fingerprint density at radius 1 is 1.53 bits per heavy atom. The number of nitro benzene ring substituents is 1. The van der Waals surface area contributed by atoms with E-state index in [0.29, 0.717) is 22.5 Å². The Hall–Kier alpha value is -1.43. The van der Waals surface area contributed by atoms with Gasteiger partial charge < -0.3 is 4.90 Å². The van der Waals surface area contributed by atoms with Gasteiger partial charge in [-0.3, -0.25) is 14.9 Å². The molecule has 0 saturated carbocycles. The summed E-state index contributed by atoms with van der Waals surface area (Å²) in [4.78, 5) is 24.8. The van der Waals surface area contributed by atoms with Crippen LogP contribution in [0.3, 0.4) is 0 Å². The maximum atomic E-state index is 12.4. The lowest BCUT2D eigenvalue weighted by atomic mass is 10.0. The highest BCUT2D eigenvalue weighted by Crippen LogP contribution is 2.22. The van der Waals surface area contributed by atoms with Crippen molar-refractivity contribution in [2.24, 2.45) is 0 Å². The molecule has 1 aromatic carbocycles. The summed E-state index contributed by atoms with van der Waals surface area (Å²) in [5.74, 6) is -0.0449. The van der Waals surface area contributed by atoms with Crippen molar-refractivity contribution in [2.75, 3.05) is 13.1 Å². The number of halogens is 1. The minimum atomic E-state index is -0.448. The number of likely N-dealkylation sites (tertiary alicyclic amines) is 1. The van der Waals surface area contributed by atoms with Gasteiger partial charge in [0.05, 0.1) is 4.92 Å². The van der Waals surface area contributed by atoms with Crippen LogP contribution in [0.1, 0.15) is 28.8 Å². The third kappa shape index (κ3) is 3.12. The second-order valence-corrected chi connectivity index (χ2v) is 6.04. The number of piperidine rings is 1. The molecule has 6 heteroatoms. The first-order chi connectivity index (χ1) is 8.99. The average molecular weight is 327 g/mol. The standard InChI is InChI=1S/C13H15BrN2O3/c1-9-7-11(16(18)19)4-5-12(9)13(17)15-6-2-3-10(14)8-15/h4-5,7,10H,2-3,6,8H2,1H3. The maximum absolute atomic E-state index is 12.4. The minimum absolute atomic E-state index is 0.0195. The number of hydrogen-bond donors (Lipinski definition) is 0. The zero-order valence-electron chi connectivity index (χ0n) is 10.6. The third-order valence-corrected chi connectivity index (χ3v) is 4.05. The molecule has 1 amide bonds. The van der Waals surface area contributed by atoms with E-state index in [4.69, 9.17) is 0 Å². The van der Waals surface area contributed by atoms with Crippen LogP contribution in [0.25, 0.3) is 0 Å². The van der Waals surface area contributed by atoms with Crippen molar-refractivity contribution < 1.29 is 9.72 Å². The lowest BCUT2D eigenvalue weighted by Gasteiger charge is -2.30. The number of carbonyl (C=O) groups excluding carboxylic acids is 1. The lowest BCUT2D eigenvalue weighted by Crippen LogP contribution is -2.40. The van der Waals surface area contributed by atoms with Gasteiger partial charge in [-0.2, -0.15) is 0 Å². The van der Waals surface area contributed by atoms with Gasteiger partial charge >= 0.3 is 0 Å². The molecule has 0 aromatic heterocycles. The number of carbonyl (C=O) groups is 1. The Morgan fingerprint density at radius 3 is 2.84 bits per heavy atom. The number of non-ortho nitro benzene ring substituents is 1. The molecule has 1 heterocycles. The van der Waals surface area contributed by atoms with Crippen molar-refractivity contribution in [3.8, 4) is 0 Å². The van der Waals surface area contributed by atoms with Crippen LogP contribution in [0.15, 0.2) is 18.2 Å². The first-order valence-electron chi connectivity index (χ1n) is 6.17. The third-order valence-electron chi connectivity index (χ3n) is 3.30. The first kappa shape index (κ1) is 14.0. The van der Waals surface area contributed by atoms with Gasteiger partial charge in [-0.05, 0) is 31.4 Å². The highest BCUT2D eigenvalue weighted by atomic mass is 79.9. The van der Waals surface area contributed by atoms with Gasteiger partial charge in [0.1, 0.15) is 0 Å². The van der Waals surface area contributed by atoms with Crippen molar-refractivity contribution in [2.45, 2.75) is 24.6 Å². The molecule has 2 rings (SSSR count). The summed E-state index contributed by atoms with van der Waals surface area (Å²) in [6.45, 7) is 3.17. The Labute approximate surface area is 119 Å². The van der Waals surface area contributed by atoms with Gasteiger partial charge in [-0.25, -0.2) is 0 Å². The Kier molecular flexibility index (Phi) is 4.19. The summed E-state index contributed by atoms with van der Waals surface area (Å²) in [7, 11) is 0. The van der Waals surface area contributed by atoms with E-state index in [2.05, 4.69) is 15.9 Å². The summed E-state index contributed by atoms with van der Waals surface area (Å²) in [6, 6.07) is 4.38. The summed E-state index contributed by atoms with van der Waals surface area (Å²) in [6.07, 6.45) is 2.05. The van der Waals surface area contributed by atoms with E-state index in [9.17, 15) is 14.9 Å². The SMILES string of the molecule is Cc1cc([N+](=O)[O-])ccc1C(=O)N1CCCC(Br)C1. The molecular weight excluding hydrogens is 312 g/mol. The molecule has 1 unspecified atom stereocenters. The molecule has 0 bridgehead atoms. The highest BCUT2D eigenvalue weighted by molar-refractivity contribution is 9.09. The number of nitro groups is 1. The monoisotopic (exact) mass is 326 g/mol. The molecule has 1 aliphatic heterocycles. The smallest absolute Gasteiger partial charge is 0.269 e. The van der Waals surface area contributed by atoms with Crippen molar-refractivity contribution in [1.29, 1.82) is 0 Å². The number of amides is 1. The molecule has 0 radical (unpaired) electrons. The summed E-state index contributed by atoms with van der Waals surface area (Å²) in [5, 5.41) is 10.7. The fraction of sp³-hybridized carbons (Fsp3) is 0.462. The second kappa shape index (κ2) is 5.69. The molecule has 0 N–H and O–H groups in total. The number of nitrogens with zero attached hydrogens (tertiary/aromatic N) is 2. The fourth-order valence-corrected chi connectivity index (χ4v) is 2.95. The normalized spacial score (nSPS) is 19.3. The van der Waals surface area contributed by atoms with Crippen molar-refractivity contribution in [1.82, 2.24) is 4.90 Å². The van der Waals surface area contributed by atoms with E-state index in [1.165, 1.54) is 12.1 Å². The van der Waals surface area contributed by atoms with E-state index in [0.717, 1.165) is 19.4 Å². The molecule has 19 heavy (non-hydrogen) atoms. The number of hydrogen-bond acceptors (Lipinski definition) is 3. The average Bonchev–Trinajstić information content (AvgIpc) is 2.37. The number of rotatable bonds is 2. The van der Waals surface area contributed by atoms with Crippen LogP contribution in [-0.2, 0) is 0 Å². The van der Waals surface area contributed by atoms with Crippen LogP contribution < -0.4 is 0 Å². The molecule has 1 fully saturated rings. The molecular formula is C13H15BrN2O3.